The van der Waals surface area contributed by atoms with Crippen molar-refractivity contribution in [2.45, 2.75) is 33.4 Å². The molecule has 0 saturated carbocycles. The Balaban J connectivity index is 1.84. The minimum atomic E-state index is -0.158. The number of carbonyl (C=O) groups is 1. The molecule has 1 aliphatic heterocycles. The maximum Gasteiger partial charge on any atom is 0.242 e. The number of aliphatic hydroxyl groups excluding tert-OH is 1. The molecule has 118 valence electrons. The number of likely N-dealkylation sites (tertiary alicyclic amines) is 1. The maximum atomic E-state index is 12.7. The molecular formula is C17H23N3O2. The Morgan fingerprint density at radius 1 is 1.27 bits per heavy atom. The molecule has 22 heavy (non-hydrogen) atoms. The molecule has 5 nitrogen and oxygen atoms in total. The van der Waals surface area contributed by atoms with Gasteiger partial charge in [0.15, 0.2) is 0 Å². The highest BCUT2D eigenvalue weighted by molar-refractivity contribution is 5.81. The molecule has 5 heteroatoms. The lowest BCUT2D eigenvalue weighted by Gasteiger charge is -2.35. The average Bonchev–Trinajstić information content (AvgIpc) is 2.84. The molecule has 1 N–H and O–H groups in total. The molecular weight excluding hydrogens is 278 g/mol. The highest BCUT2D eigenvalue weighted by Gasteiger charge is 2.26. The Bertz CT molecular complexity index is 670. The number of hydrogen-bond donors (Lipinski definition) is 1. The first kappa shape index (κ1) is 15.0. The Kier molecular flexibility index (Phi) is 4.16. The summed E-state index contributed by atoms with van der Waals surface area (Å²) in [5.74, 6) is 1.75. The molecule has 1 amide bonds. The van der Waals surface area contributed by atoms with Gasteiger partial charge in [-0.15, -0.1) is 0 Å². The molecule has 0 aliphatic carbocycles. The quantitative estimate of drug-likeness (QED) is 0.943. The topological polar surface area (TPSA) is 58.4 Å². The third-order valence-corrected chi connectivity index (χ3v) is 4.39. The van der Waals surface area contributed by atoms with Crippen LogP contribution in [-0.4, -0.2) is 38.6 Å². The van der Waals surface area contributed by atoms with Crippen molar-refractivity contribution in [3.05, 3.63) is 30.1 Å². The molecule has 1 saturated heterocycles. The van der Waals surface area contributed by atoms with Crippen molar-refractivity contribution < 1.29 is 9.90 Å². The summed E-state index contributed by atoms with van der Waals surface area (Å²) in [7, 11) is 0. The Hall–Kier alpha value is -1.88. The first-order valence-corrected chi connectivity index (χ1v) is 7.91. The molecule has 1 aromatic carbocycles. The number of aliphatic hydroxyl groups is 1. The van der Waals surface area contributed by atoms with Gasteiger partial charge in [-0.2, -0.15) is 0 Å². The molecule has 0 spiro atoms. The van der Waals surface area contributed by atoms with E-state index in [1.54, 1.807) is 0 Å². The molecule has 2 heterocycles. The summed E-state index contributed by atoms with van der Waals surface area (Å²) >= 11 is 0. The van der Waals surface area contributed by atoms with E-state index in [1.807, 2.05) is 33.7 Å². The van der Waals surface area contributed by atoms with Crippen LogP contribution in [0.3, 0.4) is 0 Å². The monoisotopic (exact) mass is 301 g/mol. The number of carbonyl (C=O) groups excluding carboxylic acids is 1. The molecule has 3 rings (SSSR count). The van der Waals surface area contributed by atoms with Crippen LogP contribution in [0.5, 0.6) is 0 Å². The van der Waals surface area contributed by atoms with E-state index in [4.69, 9.17) is 0 Å². The minimum absolute atomic E-state index is 0.108. The van der Waals surface area contributed by atoms with Gasteiger partial charge in [-0.05, 0) is 30.4 Å². The van der Waals surface area contributed by atoms with E-state index in [1.165, 1.54) is 6.42 Å². The first-order valence-electron chi connectivity index (χ1n) is 7.91. The number of hydrogen-bond acceptors (Lipinski definition) is 3. The largest absolute Gasteiger partial charge is 0.388 e. The van der Waals surface area contributed by atoms with E-state index in [9.17, 15) is 9.90 Å². The normalized spacial score (nSPS) is 22.2. The third kappa shape index (κ3) is 2.86. The molecule has 2 atom stereocenters. The van der Waals surface area contributed by atoms with E-state index in [0.29, 0.717) is 17.7 Å². The summed E-state index contributed by atoms with van der Waals surface area (Å²) in [5.41, 5.74) is 1.72. The van der Waals surface area contributed by atoms with E-state index in [0.717, 1.165) is 24.1 Å². The van der Waals surface area contributed by atoms with Gasteiger partial charge >= 0.3 is 0 Å². The van der Waals surface area contributed by atoms with Crippen LogP contribution in [0.1, 0.15) is 26.1 Å². The molecule has 2 unspecified atom stereocenters. The number of nitrogens with zero attached hydrogens (tertiary/aromatic N) is 3. The van der Waals surface area contributed by atoms with Crippen molar-refractivity contribution in [1.29, 1.82) is 0 Å². The van der Waals surface area contributed by atoms with Gasteiger partial charge in [0.25, 0.3) is 0 Å². The summed E-state index contributed by atoms with van der Waals surface area (Å²) < 4.78 is 1.83. The Morgan fingerprint density at radius 3 is 2.64 bits per heavy atom. The second kappa shape index (κ2) is 6.08. The number of imidazole rings is 1. The number of amides is 1. The lowest BCUT2D eigenvalue weighted by Crippen LogP contribution is -2.44. The second-order valence-corrected chi connectivity index (χ2v) is 6.51. The fourth-order valence-electron chi connectivity index (χ4n) is 3.52. The summed E-state index contributed by atoms with van der Waals surface area (Å²) in [4.78, 5) is 19.0. The van der Waals surface area contributed by atoms with Gasteiger partial charge in [0.1, 0.15) is 19.0 Å². The zero-order valence-corrected chi connectivity index (χ0v) is 13.2. The molecule has 1 fully saturated rings. The summed E-state index contributed by atoms with van der Waals surface area (Å²) in [6, 6.07) is 7.69. The second-order valence-electron chi connectivity index (χ2n) is 6.51. The van der Waals surface area contributed by atoms with Crippen LogP contribution in [0.4, 0.5) is 0 Å². The van der Waals surface area contributed by atoms with Crippen molar-refractivity contribution >= 4 is 16.9 Å². The van der Waals surface area contributed by atoms with Crippen molar-refractivity contribution in [2.24, 2.45) is 11.8 Å². The highest BCUT2D eigenvalue weighted by Crippen LogP contribution is 2.22. The van der Waals surface area contributed by atoms with Gasteiger partial charge in [-0.1, -0.05) is 26.0 Å². The fourth-order valence-corrected chi connectivity index (χ4v) is 3.52. The number of fused-ring (bicyclic) bond motifs is 1. The van der Waals surface area contributed by atoms with E-state index >= 15 is 0 Å². The smallest absolute Gasteiger partial charge is 0.242 e. The van der Waals surface area contributed by atoms with E-state index in [-0.39, 0.29) is 19.1 Å². The SMILES string of the molecule is CC1CC(C)CN(C(=O)Cn2c(CO)nc3ccccc32)C1. The van der Waals surface area contributed by atoms with Crippen molar-refractivity contribution in [2.75, 3.05) is 13.1 Å². The van der Waals surface area contributed by atoms with Crippen LogP contribution in [-0.2, 0) is 17.9 Å². The van der Waals surface area contributed by atoms with Crippen molar-refractivity contribution in [3.8, 4) is 0 Å². The van der Waals surface area contributed by atoms with Crippen LogP contribution < -0.4 is 0 Å². The van der Waals surface area contributed by atoms with Gasteiger partial charge in [-0.25, -0.2) is 4.98 Å². The number of benzene rings is 1. The maximum absolute atomic E-state index is 12.7. The van der Waals surface area contributed by atoms with Crippen LogP contribution >= 0.6 is 0 Å². The lowest BCUT2D eigenvalue weighted by atomic mass is 9.92. The molecule has 0 radical (unpaired) electrons. The van der Waals surface area contributed by atoms with Gasteiger partial charge in [-0.3, -0.25) is 4.79 Å². The number of aromatic nitrogens is 2. The first-order chi connectivity index (χ1) is 10.6. The van der Waals surface area contributed by atoms with Gasteiger partial charge < -0.3 is 14.6 Å². The van der Waals surface area contributed by atoms with Crippen LogP contribution in [0.25, 0.3) is 11.0 Å². The van der Waals surface area contributed by atoms with Gasteiger partial charge in [0.05, 0.1) is 11.0 Å². The fraction of sp³-hybridized carbons (Fsp3) is 0.529. The zero-order chi connectivity index (χ0) is 15.7. The van der Waals surface area contributed by atoms with Crippen LogP contribution in [0, 0.1) is 11.8 Å². The summed E-state index contributed by atoms with van der Waals surface area (Å²) in [5, 5.41) is 9.52. The predicted molar refractivity (Wildman–Crippen MR) is 85.2 cm³/mol. The molecule has 1 aliphatic rings. The molecule has 1 aromatic heterocycles. The van der Waals surface area contributed by atoms with E-state index in [2.05, 4.69) is 18.8 Å². The Labute approximate surface area is 130 Å². The zero-order valence-electron chi connectivity index (χ0n) is 13.2. The average molecular weight is 301 g/mol. The number of para-hydroxylation sites is 2. The highest BCUT2D eigenvalue weighted by atomic mass is 16.3. The Morgan fingerprint density at radius 2 is 1.95 bits per heavy atom. The predicted octanol–water partition coefficient (Wildman–Crippen LogP) is 2.03. The lowest BCUT2D eigenvalue weighted by molar-refractivity contribution is -0.134. The van der Waals surface area contributed by atoms with Crippen LogP contribution in [0.15, 0.2) is 24.3 Å². The van der Waals surface area contributed by atoms with Gasteiger partial charge in [0.2, 0.25) is 5.91 Å². The van der Waals surface area contributed by atoms with Gasteiger partial charge in [0, 0.05) is 13.1 Å². The molecule has 2 aromatic rings. The van der Waals surface area contributed by atoms with E-state index < -0.39 is 0 Å². The standard InChI is InChI=1S/C17H23N3O2/c1-12-7-13(2)9-19(8-12)17(22)10-20-15-6-4-3-5-14(15)18-16(20)11-21/h3-6,12-13,21H,7-11H2,1-2H3. The third-order valence-electron chi connectivity index (χ3n) is 4.39. The van der Waals surface area contributed by atoms with Crippen LogP contribution in [0.2, 0.25) is 0 Å². The summed E-state index contributed by atoms with van der Waals surface area (Å²) in [6.07, 6.45) is 1.18. The number of rotatable bonds is 3. The number of piperidine rings is 1. The van der Waals surface area contributed by atoms with Crippen molar-refractivity contribution in [3.63, 3.8) is 0 Å². The molecule has 0 bridgehead atoms. The summed E-state index contributed by atoms with van der Waals surface area (Å²) in [6.45, 7) is 6.13. The minimum Gasteiger partial charge on any atom is -0.388 e. The van der Waals surface area contributed by atoms with Crippen molar-refractivity contribution in [1.82, 2.24) is 14.5 Å².